The monoisotopic (exact) mass is 580 g/mol. The maximum atomic E-state index is 13.7. The molecule has 1 aliphatic heterocycles. The number of ether oxygens (including phenoxy) is 2. The molecule has 0 N–H and O–H groups in total. The number of hydrogen-bond acceptors (Lipinski definition) is 6. The van der Waals surface area contributed by atoms with E-state index >= 15 is 0 Å². The number of benzene rings is 2. The second-order valence-corrected chi connectivity index (χ2v) is 15.7. The van der Waals surface area contributed by atoms with E-state index in [-0.39, 0.29) is 46.8 Å². The lowest BCUT2D eigenvalue weighted by molar-refractivity contribution is 0.329. The molecular weight excluding hydrogens is 536 g/mol. The Morgan fingerprint density at radius 3 is 1.31 bits per heavy atom. The molecule has 3 rings (SSSR count). The molecule has 0 amide bonds. The SMILES string of the molecule is CCOc1ccc(S(=O)(=O)N2CCCN(S(=O)(=O)c3ccc(OCC)c(C(C)(C)C)c3)CC2)cc1C(C)(C)C. The Morgan fingerprint density at radius 2 is 1.00 bits per heavy atom. The third kappa shape index (κ3) is 6.96. The lowest BCUT2D eigenvalue weighted by atomic mass is 9.86. The molecule has 2 aromatic carbocycles. The fourth-order valence-corrected chi connectivity index (χ4v) is 7.72. The lowest BCUT2D eigenvalue weighted by Crippen LogP contribution is -2.37. The van der Waals surface area contributed by atoms with Gasteiger partial charge in [0.05, 0.1) is 23.0 Å². The van der Waals surface area contributed by atoms with E-state index in [1.165, 1.54) is 8.61 Å². The van der Waals surface area contributed by atoms with E-state index in [1.54, 1.807) is 36.4 Å². The zero-order chi connectivity index (χ0) is 29.2. The van der Waals surface area contributed by atoms with Crippen LogP contribution in [0.1, 0.15) is 72.9 Å². The molecule has 2 aromatic rings. The molecule has 0 aromatic heterocycles. The number of nitrogens with zero attached hydrogens (tertiary/aromatic N) is 2. The molecule has 0 atom stereocenters. The van der Waals surface area contributed by atoms with Gasteiger partial charge >= 0.3 is 0 Å². The average molecular weight is 581 g/mol. The lowest BCUT2D eigenvalue weighted by Gasteiger charge is -2.26. The maximum Gasteiger partial charge on any atom is 0.243 e. The Hall–Kier alpha value is -2.14. The fourth-order valence-electron chi connectivity index (χ4n) is 4.72. The van der Waals surface area contributed by atoms with Crippen molar-refractivity contribution >= 4 is 20.0 Å². The van der Waals surface area contributed by atoms with E-state index in [1.807, 2.05) is 55.4 Å². The van der Waals surface area contributed by atoms with Crippen molar-refractivity contribution in [3.63, 3.8) is 0 Å². The maximum absolute atomic E-state index is 13.7. The van der Waals surface area contributed by atoms with Crippen molar-refractivity contribution in [2.75, 3.05) is 39.4 Å². The first-order valence-electron chi connectivity index (χ1n) is 13.6. The summed E-state index contributed by atoms with van der Waals surface area (Å²) in [5.74, 6) is 1.34. The highest BCUT2D eigenvalue weighted by Gasteiger charge is 2.34. The Balaban J connectivity index is 1.88. The van der Waals surface area contributed by atoms with E-state index in [0.29, 0.717) is 31.1 Å². The minimum atomic E-state index is -3.83. The van der Waals surface area contributed by atoms with Crippen LogP contribution in [0.5, 0.6) is 11.5 Å². The smallest absolute Gasteiger partial charge is 0.243 e. The number of sulfonamides is 2. The Labute approximate surface area is 235 Å². The molecule has 0 saturated carbocycles. The summed E-state index contributed by atoms with van der Waals surface area (Å²) in [5.41, 5.74) is 0.997. The molecule has 1 saturated heterocycles. The van der Waals surface area contributed by atoms with Gasteiger partial charge in [0.1, 0.15) is 11.5 Å². The van der Waals surface area contributed by atoms with Gasteiger partial charge < -0.3 is 9.47 Å². The van der Waals surface area contributed by atoms with E-state index < -0.39 is 20.0 Å². The zero-order valence-corrected chi connectivity index (χ0v) is 26.2. The van der Waals surface area contributed by atoms with Crippen molar-refractivity contribution in [3.8, 4) is 11.5 Å². The molecule has 218 valence electrons. The van der Waals surface area contributed by atoms with Crippen LogP contribution < -0.4 is 9.47 Å². The minimum absolute atomic E-state index is 0.0722. The van der Waals surface area contributed by atoms with Crippen LogP contribution in [0.25, 0.3) is 0 Å². The highest BCUT2D eigenvalue weighted by molar-refractivity contribution is 7.89. The first-order valence-corrected chi connectivity index (χ1v) is 16.5. The molecule has 0 bridgehead atoms. The molecule has 0 radical (unpaired) electrons. The van der Waals surface area contributed by atoms with Gasteiger partial charge in [-0.15, -0.1) is 0 Å². The summed E-state index contributed by atoms with van der Waals surface area (Å²) in [6.45, 7) is 17.5. The first-order chi connectivity index (χ1) is 18.0. The quantitative estimate of drug-likeness (QED) is 0.428. The third-order valence-electron chi connectivity index (χ3n) is 6.81. The van der Waals surface area contributed by atoms with Crippen LogP contribution in [-0.4, -0.2) is 64.8 Å². The summed E-state index contributed by atoms with van der Waals surface area (Å²) in [6, 6.07) is 9.95. The van der Waals surface area contributed by atoms with E-state index in [2.05, 4.69) is 0 Å². The number of rotatable bonds is 8. The summed E-state index contributed by atoms with van der Waals surface area (Å²) < 4.78 is 69.0. The standard InChI is InChI=1S/C29H44N2O6S2/c1-9-36-26-14-12-22(20-24(26)28(3,4)5)38(32,33)30-16-11-17-31(19-18-30)39(34,35)23-13-15-27(37-10-2)25(21-23)29(6,7)8/h12-15,20-21H,9-11,16-19H2,1-8H3. The molecule has 0 aliphatic carbocycles. The minimum Gasteiger partial charge on any atom is -0.494 e. The van der Waals surface area contributed by atoms with Crippen molar-refractivity contribution in [2.45, 2.75) is 82.4 Å². The summed E-state index contributed by atoms with van der Waals surface area (Å²) in [4.78, 5) is 0.377. The fraction of sp³-hybridized carbons (Fsp3) is 0.586. The van der Waals surface area contributed by atoms with Gasteiger partial charge in [-0.2, -0.15) is 8.61 Å². The molecule has 1 aliphatic rings. The van der Waals surface area contributed by atoms with Gasteiger partial charge in [-0.05, 0) is 67.5 Å². The third-order valence-corrected chi connectivity index (χ3v) is 10.6. The highest BCUT2D eigenvalue weighted by Crippen LogP contribution is 2.36. The average Bonchev–Trinajstić information content (AvgIpc) is 3.11. The van der Waals surface area contributed by atoms with Crippen molar-refractivity contribution in [1.29, 1.82) is 0 Å². The van der Waals surface area contributed by atoms with Crippen LogP contribution in [0.4, 0.5) is 0 Å². The van der Waals surface area contributed by atoms with Gasteiger partial charge in [0.15, 0.2) is 0 Å². The van der Waals surface area contributed by atoms with Crippen LogP contribution in [0.3, 0.4) is 0 Å². The molecular formula is C29H44N2O6S2. The number of hydrogen-bond donors (Lipinski definition) is 0. The second kappa shape index (κ2) is 11.8. The largest absolute Gasteiger partial charge is 0.494 e. The van der Waals surface area contributed by atoms with Gasteiger partial charge in [-0.1, -0.05) is 41.5 Å². The zero-order valence-electron chi connectivity index (χ0n) is 24.6. The molecule has 8 nitrogen and oxygen atoms in total. The summed E-state index contributed by atoms with van der Waals surface area (Å²) >= 11 is 0. The molecule has 0 unspecified atom stereocenters. The first kappa shape index (κ1) is 31.4. The Morgan fingerprint density at radius 1 is 0.641 bits per heavy atom. The van der Waals surface area contributed by atoms with Crippen molar-refractivity contribution in [2.24, 2.45) is 0 Å². The molecule has 39 heavy (non-hydrogen) atoms. The van der Waals surface area contributed by atoms with Crippen molar-refractivity contribution in [3.05, 3.63) is 47.5 Å². The van der Waals surface area contributed by atoms with Gasteiger partial charge in [0.25, 0.3) is 0 Å². The van der Waals surface area contributed by atoms with Gasteiger partial charge in [0, 0.05) is 37.3 Å². The Kier molecular flexibility index (Phi) is 9.47. The predicted molar refractivity (Wildman–Crippen MR) is 155 cm³/mol. The van der Waals surface area contributed by atoms with Gasteiger partial charge in [0.2, 0.25) is 20.0 Å². The van der Waals surface area contributed by atoms with Gasteiger partial charge in [-0.25, -0.2) is 16.8 Å². The summed E-state index contributed by atoms with van der Waals surface area (Å²) in [6.07, 6.45) is 0.394. The van der Waals surface area contributed by atoms with Crippen LogP contribution >= 0.6 is 0 Å². The second-order valence-electron chi connectivity index (χ2n) is 11.8. The van der Waals surface area contributed by atoms with Crippen LogP contribution in [0.15, 0.2) is 46.2 Å². The van der Waals surface area contributed by atoms with E-state index in [9.17, 15) is 16.8 Å². The highest BCUT2D eigenvalue weighted by atomic mass is 32.2. The topological polar surface area (TPSA) is 93.2 Å². The van der Waals surface area contributed by atoms with Crippen LogP contribution in [0.2, 0.25) is 0 Å². The van der Waals surface area contributed by atoms with Crippen molar-refractivity contribution < 1.29 is 26.3 Å². The predicted octanol–water partition coefficient (Wildman–Crippen LogP) is 5.16. The van der Waals surface area contributed by atoms with Gasteiger partial charge in [-0.3, -0.25) is 0 Å². The van der Waals surface area contributed by atoms with E-state index in [4.69, 9.17) is 9.47 Å². The summed E-state index contributed by atoms with van der Waals surface area (Å²) in [7, 11) is -7.66. The normalized spacial score (nSPS) is 16.6. The Bertz CT molecular complexity index is 1270. The van der Waals surface area contributed by atoms with E-state index in [0.717, 1.165) is 11.1 Å². The molecule has 0 spiro atoms. The summed E-state index contributed by atoms with van der Waals surface area (Å²) in [5, 5.41) is 0. The van der Waals surface area contributed by atoms with Crippen LogP contribution in [0, 0.1) is 0 Å². The molecule has 10 heteroatoms. The van der Waals surface area contributed by atoms with Crippen molar-refractivity contribution in [1.82, 2.24) is 8.61 Å². The molecule has 1 heterocycles. The molecule has 1 fully saturated rings. The van der Waals surface area contributed by atoms with Crippen LogP contribution in [-0.2, 0) is 30.9 Å².